The molecule has 5 nitrogen and oxygen atoms in total. The van der Waals surface area contributed by atoms with Crippen molar-refractivity contribution in [3.05, 3.63) is 34.8 Å². The van der Waals surface area contributed by atoms with E-state index in [1.54, 1.807) is 12.1 Å². The maximum absolute atomic E-state index is 11.3. The molecule has 0 amide bonds. The predicted octanol–water partition coefficient (Wildman–Crippen LogP) is 2.67. The van der Waals surface area contributed by atoms with Gasteiger partial charge < -0.3 is 5.11 Å². The molecule has 0 spiro atoms. The molecule has 0 radical (unpaired) electrons. The Labute approximate surface area is 117 Å². The molecule has 0 saturated heterocycles. The van der Waals surface area contributed by atoms with Gasteiger partial charge in [0.1, 0.15) is 0 Å². The summed E-state index contributed by atoms with van der Waals surface area (Å²) >= 11 is 0. The minimum absolute atomic E-state index is 0.304. The Balaban J connectivity index is 2.15. The average Bonchev–Trinajstić information content (AvgIpc) is 3.18. The Kier molecular flexibility index (Phi) is 2.85. The number of hydrogen-bond donors (Lipinski definition) is 1. The van der Waals surface area contributed by atoms with Crippen molar-refractivity contribution in [3.63, 3.8) is 0 Å². The maximum Gasteiger partial charge on any atom is 0.337 e. The molecule has 0 unspecified atom stereocenters. The molecule has 0 aliphatic heterocycles. The topological polar surface area (TPSA) is 68.0 Å². The number of pyridine rings is 1. The van der Waals surface area contributed by atoms with Gasteiger partial charge in [-0.25, -0.2) is 4.79 Å². The summed E-state index contributed by atoms with van der Waals surface area (Å²) in [5, 5.41) is 13.7. The summed E-state index contributed by atoms with van der Waals surface area (Å²) in [4.78, 5) is 15.9. The van der Waals surface area contributed by atoms with Crippen LogP contribution in [0.15, 0.2) is 12.1 Å². The zero-order chi connectivity index (χ0) is 14.4. The van der Waals surface area contributed by atoms with E-state index in [1.165, 1.54) is 0 Å². The van der Waals surface area contributed by atoms with E-state index in [4.69, 9.17) is 0 Å². The Morgan fingerprint density at radius 1 is 1.35 bits per heavy atom. The normalized spacial score (nSPS) is 14.6. The van der Waals surface area contributed by atoms with Crippen LogP contribution in [0.2, 0.25) is 0 Å². The lowest BCUT2D eigenvalue weighted by atomic mass is 10.0. The molecule has 2 aromatic rings. The lowest BCUT2D eigenvalue weighted by Crippen LogP contribution is -2.05. The lowest BCUT2D eigenvalue weighted by Gasteiger charge is -2.08. The van der Waals surface area contributed by atoms with E-state index in [9.17, 15) is 9.90 Å². The van der Waals surface area contributed by atoms with Crippen molar-refractivity contribution in [3.8, 4) is 11.3 Å². The molecule has 5 heteroatoms. The van der Waals surface area contributed by atoms with Crippen molar-refractivity contribution in [2.24, 2.45) is 7.05 Å². The highest BCUT2D eigenvalue weighted by atomic mass is 16.4. The van der Waals surface area contributed by atoms with E-state index in [2.05, 4.69) is 10.1 Å². The molecule has 20 heavy (non-hydrogen) atoms. The number of carbonyl (C=O) groups is 1. The Bertz CT molecular complexity index is 699. The molecule has 3 rings (SSSR count). The number of hydrogen-bond acceptors (Lipinski definition) is 3. The molecule has 0 atom stereocenters. The van der Waals surface area contributed by atoms with E-state index in [0.717, 1.165) is 41.2 Å². The fourth-order valence-electron chi connectivity index (χ4n) is 2.61. The third-order valence-corrected chi connectivity index (χ3v) is 3.88. The van der Waals surface area contributed by atoms with Gasteiger partial charge in [0.05, 0.1) is 22.6 Å². The van der Waals surface area contributed by atoms with Crippen LogP contribution in [0.4, 0.5) is 0 Å². The number of nitrogens with zero attached hydrogens (tertiary/aromatic N) is 3. The van der Waals surface area contributed by atoms with Gasteiger partial charge in [-0.3, -0.25) is 9.67 Å². The number of aryl methyl sites for hydroxylation is 2. The summed E-state index contributed by atoms with van der Waals surface area (Å²) in [7, 11) is 1.90. The van der Waals surface area contributed by atoms with Crippen molar-refractivity contribution in [2.75, 3.05) is 0 Å². The highest BCUT2D eigenvalue weighted by molar-refractivity contribution is 5.89. The maximum atomic E-state index is 11.3. The second-order valence-electron chi connectivity index (χ2n) is 5.38. The summed E-state index contributed by atoms with van der Waals surface area (Å²) in [5.41, 5.74) is 4.83. The van der Waals surface area contributed by atoms with E-state index < -0.39 is 5.97 Å². The molecule has 0 bridgehead atoms. The highest BCUT2D eigenvalue weighted by Crippen LogP contribution is 2.41. The van der Waals surface area contributed by atoms with Gasteiger partial charge in [0, 0.05) is 24.2 Å². The molecular weight excluding hydrogens is 254 g/mol. The molecule has 2 heterocycles. The largest absolute Gasteiger partial charge is 0.478 e. The van der Waals surface area contributed by atoms with Crippen LogP contribution in [0.5, 0.6) is 0 Å². The molecule has 2 aromatic heterocycles. The molecular formula is C15H17N3O2. The average molecular weight is 271 g/mol. The van der Waals surface area contributed by atoms with Crippen molar-refractivity contribution in [1.82, 2.24) is 14.8 Å². The molecule has 104 valence electrons. The lowest BCUT2D eigenvalue weighted by molar-refractivity contribution is 0.0695. The fourth-order valence-corrected chi connectivity index (χ4v) is 2.61. The van der Waals surface area contributed by atoms with Crippen LogP contribution in [0.1, 0.15) is 46.2 Å². The number of rotatable bonds is 3. The third kappa shape index (κ3) is 1.99. The summed E-state index contributed by atoms with van der Waals surface area (Å²) in [6, 6.07) is 3.45. The van der Waals surface area contributed by atoms with Crippen molar-refractivity contribution >= 4 is 5.97 Å². The third-order valence-electron chi connectivity index (χ3n) is 3.88. The smallest absolute Gasteiger partial charge is 0.337 e. The van der Waals surface area contributed by atoms with Crippen LogP contribution in [-0.2, 0) is 7.05 Å². The van der Waals surface area contributed by atoms with Gasteiger partial charge in [0.2, 0.25) is 0 Å². The fraction of sp³-hybridized carbons (Fsp3) is 0.400. The molecule has 1 fully saturated rings. The first-order valence-electron chi connectivity index (χ1n) is 6.74. The minimum Gasteiger partial charge on any atom is -0.478 e. The van der Waals surface area contributed by atoms with Crippen molar-refractivity contribution in [1.29, 1.82) is 0 Å². The van der Waals surface area contributed by atoms with Gasteiger partial charge >= 0.3 is 5.97 Å². The van der Waals surface area contributed by atoms with E-state index >= 15 is 0 Å². The SMILES string of the molecule is Cc1nn(C)c(C)c1-c1ccc(C(=O)O)c(C2CC2)n1. The predicted molar refractivity (Wildman–Crippen MR) is 74.8 cm³/mol. The molecule has 1 N–H and O–H groups in total. The van der Waals surface area contributed by atoms with Crippen LogP contribution in [0.25, 0.3) is 11.3 Å². The van der Waals surface area contributed by atoms with E-state index in [-0.39, 0.29) is 0 Å². The van der Waals surface area contributed by atoms with Crippen LogP contribution in [-0.4, -0.2) is 25.8 Å². The van der Waals surface area contributed by atoms with Crippen LogP contribution in [0.3, 0.4) is 0 Å². The second-order valence-corrected chi connectivity index (χ2v) is 5.38. The molecule has 1 saturated carbocycles. The van der Waals surface area contributed by atoms with Gasteiger partial charge in [0.25, 0.3) is 0 Å². The van der Waals surface area contributed by atoms with Crippen LogP contribution >= 0.6 is 0 Å². The molecule has 0 aromatic carbocycles. The second kappa shape index (κ2) is 4.44. The monoisotopic (exact) mass is 271 g/mol. The summed E-state index contributed by atoms with van der Waals surface area (Å²) in [5.74, 6) is -0.594. The van der Waals surface area contributed by atoms with Gasteiger partial charge in [-0.1, -0.05) is 0 Å². The molecule has 1 aliphatic carbocycles. The standard InChI is InChI=1S/C15H17N3O2/c1-8-13(9(2)18(3)17-8)12-7-6-11(15(19)20)14(16-12)10-4-5-10/h6-7,10H,4-5H2,1-3H3,(H,19,20). The molecule has 1 aliphatic rings. The summed E-state index contributed by atoms with van der Waals surface area (Å²) < 4.78 is 1.83. The Hall–Kier alpha value is -2.17. The number of aromatic nitrogens is 3. The Morgan fingerprint density at radius 2 is 2.05 bits per heavy atom. The summed E-state index contributed by atoms with van der Waals surface area (Å²) in [6.07, 6.45) is 2.06. The number of carboxylic acids is 1. The first kappa shape index (κ1) is 12.8. The van der Waals surface area contributed by atoms with E-state index in [1.807, 2.05) is 25.6 Å². The van der Waals surface area contributed by atoms with Gasteiger partial charge in [-0.15, -0.1) is 0 Å². The van der Waals surface area contributed by atoms with Gasteiger partial charge in [0.15, 0.2) is 0 Å². The number of carboxylic acid groups (broad SMARTS) is 1. The van der Waals surface area contributed by atoms with Gasteiger partial charge in [-0.2, -0.15) is 5.10 Å². The van der Waals surface area contributed by atoms with Crippen molar-refractivity contribution < 1.29 is 9.90 Å². The van der Waals surface area contributed by atoms with Gasteiger partial charge in [-0.05, 0) is 38.8 Å². The van der Waals surface area contributed by atoms with Crippen LogP contribution in [0, 0.1) is 13.8 Å². The summed E-state index contributed by atoms with van der Waals surface area (Å²) in [6.45, 7) is 3.95. The highest BCUT2D eigenvalue weighted by Gasteiger charge is 2.30. The van der Waals surface area contributed by atoms with Crippen molar-refractivity contribution in [2.45, 2.75) is 32.6 Å². The minimum atomic E-state index is -0.898. The quantitative estimate of drug-likeness (QED) is 0.931. The first-order valence-corrected chi connectivity index (χ1v) is 6.74. The van der Waals surface area contributed by atoms with Crippen LogP contribution < -0.4 is 0 Å². The van der Waals surface area contributed by atoms with E-state index in [0.29, 0.717) is 11.5 Å². The zero-order valence-electron chi connectivity index (χ0n) is 11.8. The first-order chi connectivity index (χ1) is 9.49. The Morgan fingerprint density at radius 3 is 2.55 bits per heavy atom. The zero-order valence-corrected chi connectivity index (χ0v) is 11.8. The number of aromatic carboxylic acids is 1.